The molecule has 19 heavy (non-hydrogen) atoms. The lowest BCUT2D eigenvalue weighted by atomic mass is 10.1. The molecule has 2 aromatic rings. The molecule has 0 saturated heterocycles. The Bertz CT molecular complexity index is 521. The van der Waals surface area contributed by atoms with Crippen LogP contribution in [0.4, 0.5) is 0 Å². The van der Waals surface area contributed by atoms with E-state index in [9.17, 15) is 0 Å². The molecule has 0 amide bonds. The minimum Gasteiger partial charge on any atom is -0.254 e. The fourth-order valence-corrected chi connectivity index (χ4v) is 2.10. The molecule has 2 rings (SSSR count). The molecule has 0 N–H and O–H groups in total. The Labute approximate surface area is 125 Å². The summed E-state index contributed by atoms with van der Waals surface area (Å²) in [6.07, 6.45) is 4.74. The van der Waals surface area contributed by atoms with Gasteiger partial charge in [-0.2, -0.15) is 25.3 Å². The second-order valence-electron chi connectivity index (χ2n) is 4.55. The van der Waals surface area contributed by atoms with Crippen LogP contribution in [-0.2, 0) is 0 Å². The van der Waals surface area contributed by atoms with E-state index in [-0.39, 0.29) is 10.5 Å². The zero-order valence-electron chi connectivity index (χ0n) is 11.1. The molecule has 0 spiro atoms. The van der Waals surface area contributed by atoms with Gasteiger partial charge in [-0.1, -0.05) is 19.1 Å². The number of aromatic nitrogens is 2. The summed E-state index contributed by atoms with van der Waals surface area (Å²) in [4.78, 5) is 8.90. The van der Waals surface area contributed by atoms with Crippen molar-refractivity contribution in [2.45, 2.75) is 30.8 Å². The molecule has 0 fully saturated rings. The average molecular weight is 290 g/mol. The van der Waals surface area contributed by atoms with Gasteiger partial charge < -0.3 is 0 Å². The number of nitrogens with zero attached hydrogens (tertiary/aromatic N) is 2. The highest BCUT2D eigenvalue weighted by Gasteiger charge is 2.07. The summed E-state index contributed by atoms with van der Waals surface area (Å²) < 4.78 is 0. The molecule has 2 atom stereocenters. The number of hydrogen-bond acceptors (Lipinski definition) is 4. The first-order valence-electron chi connectivity index (χ1n) is 6.40. The second kappa shape index (κ2) is 6.44. The first kappa shape index (κ1) is 14.4. The van der Waals surface area contributed by atoms with Crippen LogP contribution < -0.4 is 0 Å². The van der Waals surface area contributed by atoms with Crippen LogP contribution in [-0.4, -0.2) is 9.97 Å². The van der Waals surface area contributed by atoms with Gasteiger partial charge in [-0.25, -0.2) is 0 Å². The van der Waals surface area contributed by atoms with Crippen LogP contribution in [0.3, 0.4) is 0 Å². The van der Waals surface area contributed by atoms with E-state index in [1.165, 1.54) is 0 Å². The normalized spacial score (nSPS) is 14.1. The predicted octanol–water partition coefficient (Wildman–Crippen LogP) is 4.52. The van der Waals surface area contributed by atoms with E-state index in [0.29, 0.717) is 0 Å². The van der Waals surface area contributed by atoms with Crippen molar-refractivity contribution in [3.8, 4) is 11.4 Å². The summed E-state index contributed by atoms with van der Waals surface area (Å²) in [5.41, 5.74) is 4.04. The zero-order chi connectivity index (χ0) is 13.8. The van der Waals surface area contributed by atoms with Crippen LogP contribution in [0, 0.1) is 0 Å². The molecule has 0 aromatic carbocycles. The fourth-order valence-electron chi connectivity index (χ4n) is 1.79. The van der Waals surface area contributed by atoms with Crippen molar-refractivity contribution in [1.29, 1.82) is 0 Å². The summed E-state index contributed by atoms with van der Waals surface area (Å²) in [7, 11) is 0. The van der Waals surface area contributed by atoms with Crippen molar-refractivity contribution in [1.82, 2.24) is 9.97 Å². The maximum absolute atomic E-state index is 4.51. The zero-order valence-corrected chi connectivity index (χ0v) is 12.9. The number of pyridine rings is 2. The third-order valence-corrected chi connectivity index (χ3v) is 4.05. The van der Waals surface area contributed by atoms with Crippen molar-refractivity contribution in [2.24, 2.45) is 0 Å². The smallest absolute Gasteiger partial charge is 0.0886 e. The van der Waals surface area contributed by atoms with Crippen molar-refractivity contribution in [3.05, 3.63) is 47.8 Å². The molecule has 4 heteroatoms. The second-order valence-corrected chi connectivity index (χ2v) is 5.95. The predicted molar refractivity (Wildman–Crippen MR) is 86.9 cm³/mol. The van der Waals surface area contributed by atoms with Gasteiger partial charge in [0.2, 0.25) is 0 Å². The number of hydrogen-bond donors (Lipinski definition) is 2. The van der Waals surface area contributed by atoms with Crippen LogP contribution >= 0.6 is 25.3 Å². The fraction of sp³-hybridized carbons (Fsp3) is 0.333. The average Bonchev–Trinajstić information content (AvgIpc) is 2.46. The maximum atomic E-state index is 4.51. The van der Waals surface area contributed by atoms with Gasteiger partial charge in [0.1, 0.15) is 0 Å². The Morgan fingerprint density at radius 2 is 1.47 bits per heavy atom. The van der Waals surface area contributed by atoms with Gasteiger partial charge in [0.05, 0.1) is 11.4 Å². The molecule has 0 aliphatic rings. The van der Waals surface area contributed by atoms with Crippen LogP contribution in [0.15, 0.2) is 36.7 Å². The van der Waals surface area contributed by atoms with E-state index in [0.717, 1.165) is 28.9 Å². The Morgan fingerprint density at radius 1 is 0.947 bits per heavy atom. The Kier molecular flexibility index (Phi) is 4.88. The summed E-state index contributed by atoms with van der Waals surface area (Å²) in [6.45, 7) is 4.15. The number of rotatable bonds is 4. The quantitative estimate of drug-likeness (QED) is 0.810. The van der Waals surface area contributed by atoms with Gasteiger partial charge in [0.15, 0.2) is 0 Å². The van der Waals surface area contributed by atoms with Gasteiger partial charge in [0.25, 0.3) is 0 Å². The van der Waals surface area contributed by atoms with E-state index in [2.05, 4.69) is 48.2 Å². The van der Waals surface area contributed by atoms with Crippen LogP contribution in [0.25, 0.3) is 11.4 Å². The van der Waals surface area contributed by atoms with Crippen LogP contribution in [0.1, 0.15) is 41.9 Å². The Hall–Kier alpha value is -1.00. The molecular weight excluding hydrogens is 272 g/mol. The minimum atomic E-state index is 0.200. The summed E-state index contributed by atoms with van der Waals surface area (Å²) in [5, 5.41) is 0.452. The maximum Gasteiger partial charge on any atom is 0.0886 e. The summed E-state index contributed by atoms with van der Waals surface area (Å²) in [6, 6.07) is 8.10. The van der Waals surface area contributed by atoms with Gasteiger partial charge in [0, 0.05) is 22.9 Å². The summed E-state index contributed by atoms with van der Waals surface area (Å²) >= 11 is 8.90. The van der Waals surface area contributed by atoms with Gasteiger partial charge in [-0.3, -0.25) is 9.97 Å². The Morgan fingerprint density at radius 3 is 1.84 bits per heavy atom. The molecule has 0 radical (unpaired) electrons. The molecule has 0 saturated carbocycles. The standard InChI is InChI=1S/C15H18N2S2/c1-3-15(19)12-5-7-14(17-9-12)13-6-4-11(8-16-13)10(2)18/h4-10,15,18-19H,3H2,1-2H3. The molecule has 0 aliphatic carbocycles. The van der Waals surface area contributed by atoms with Gasteiger partial charge in [-0.15, -0.1) is 0 Å². The Balaban J connectivity index is 2.22. The lowest BCUT2D eigenvalue weighted by Crippen LogP contribution is -1.93. The van der Waals surface area contributed by atoms with Crippen LogP contribution in [0.5, 0.6) is 0 Å². The SMILES string of the molecule is CCC(S)c1ccc(-c2ccc(C(C)S)cn2)nc1. The van der Waals surface area contributed by atoms with Gasteiger partial charge in [-0.05, 0) is 36.6 Å². The van der Waals surface area contributed by atoms with E-state index >= 15 is 0 Å². The van der Waals surface area contributed by atoms with Crippen molar-refractivity contribution >= 4 is 25.3 Å². The molecule has 2 aromatic heterocycles. The van der Waals surface area contributed by atoms with Crippen LogP contribution in [0.2, 0.25) is 0 Å². The molecule has 100 valence electrons. The van der Waals surface area contributed by atoms with Crippen molar-refractivity contribution < 1.29 is 0 Å². The topological polar surface area (TPSA) is 25.8 Å². The van der Waals surface area contributed by atoms with E-state index < -0.39 is 0 Å². The molecule has 2 unspecified atom stereocenters. The molecule has 0 aliphatic heterocycles. The first-order valence-corrected chi connectivity index (χ1v) is 7.43. The lowest BCUT2D eigenvalue weighted by Gasteiger charge is -2.09. The first-order chi connectivity index (χ1) is 9.11. The summed E-state index contributed by atoms with van der Waals surface area (Å²) in [5.74, 6) is 0. The minimum absolute atomic E-state index is 0.200. The highest BCUT2D eigenvalue weighted by molar-refractivity contribution is 7.80. The van der Waals surface area contributed by atoms with Gasteiger partial charge >= 0.3 is 0 Å². The third-order valence-electron chi connectivity index (χ3n) is 3.09. The van der Waals surface area contributed by atoms with E-state index in [1.54, 1.807) is 0 Å². The monoisotopic (exact) mass is 290 g/mol. The number of thiol groups is 2. The largest absolute Gasteiger partial charge is 0.254 e. The highest BCUT2D eigenvalue weighted by atomic mass is 32.1. The van der Waals surface area contributed by atoms with Crippen molar-refractivity contribution in [2.75, 3.05) is 0 Å². The van der Waals surface area contributed by atoms with E-state index in [4.69, 9.17) is 0 Å². The molecule has 2 nitrogen and oxygen atoms in total. The molecular formula is C15H18N2S2. The molecule has 0 bridgehead atoms. The molecule has 2 heterocycles. The highest BCUT2D eigenvalue weighted by Crippen LogP contribution is 2.25. The van der Waals surface area contributed by atoms with E-state index in [1.807, 2.05) is 37.5 Å². The van der Waals surface area contributed by atoms with Crippen molar-refractivity contribution in [3.63, 3.8) is 0 Å². The third kappa shape index (κ3) is 3.51. The lowest BCUT2D eigenvalue weighted by molar-refractivity contribution is 0.895.